The van der Waals surface area contributed by atoms with E-state index in [2.05, 4.69) is 27.5 Å². The average molecular weight is 488 g/mol. The molecule has 0 aliphatic carbocycles. The monoisotopic (exact) mass is 488 g/mol. The minimum absolute atomic E-state index is 0. The Morgan fingerprint density at radius 3 is 2.69 bits per heavy atom. The molecule has 1 aliphatic rings. The van der Waals surface area contributed by atoms with Gasteiger partial charge in [-0.1, -0.05) is 0 Å². The summed E-state index contributed by atoms with van der Waals surface area (Å²) in [7, 11) is 0. The number of anilines is 1. The Hall–Kier alpha value is -1.55. The Morgan fingerprint density at radius 1 is 1.23 bits per heavy atom. The van der Waals surface area contributed by atoms with Crippen LogP contribution in [0.5, 0.6) is 11.5 Å². The van der Waals surface area contributed by atoms with Gasteiger partial charge in [0.15, 0.2) is 17.5 Å². The molecule has 0 amide bonds. The summed E-state index contributed by atoms with van der Waals surface area (Å²) in [6, 6.07) is 5.85. The lowest BCUT2D eigenvalue weighted by Gasteiger charge is -2.13. The van der Waals surface area contributed by atoms with Gasteiger partial charge in [0, 0.05) is 29.6 Å². The lowest BCUT2D eigenvalue weighted by Crippen LogP contribution is -2.30. The lowest BCUT2D eigenvalue weighted by atomic mass is 10.3. The number of thiazole rings is 1. The zero-order valence-corrected chi connectivity index (χ0v) is 18.4. The molecule has 26 heavy (non-hydrogen) atoms. The number of hydrogen-bond donors (Lipinski definition) is 2. The molecule has 0 saturated heterocycles. The van der Waals surface area contributed by atoms with Crippen LogP contribution in [0, 0.1) is 13.8 Å². The lowest BCUT2D eigenvalue weighted by molar-refractivity contribution is 0.297. The van der Waals surface area contributed by atoms with E-state index in [1.54, 1.807) is 11.3 Å². The minimum atomic E-state index is 0. The van der Waals surface area contributed by atoms with Crippen molar-refractivity contribution in [2.45, 2.75) is 33.7 Å². The van der Waals surface area contributed by atoms with Gasteiger partial charge in [0.05, 0.1) is 25.5 Å². The maximum absolute atomic E-state index is 5.74. The van der Waals surface area contributed by atoms with Crippen LogP contribution in [-0.2, 0) is 6.54 Å². The van der Waals surface area contributed by atoms with E-state index in [0.717, 1.165) is 46.8 Å². The summed E-state index contributed by atoms with van der Waals surface area (Å²) in [5.41, 5.74) is 1.99. The molecule has 2 aromatic rings. The molecule has 0 atom stereocenters. The number of nitrogens with zero attached hydrogens (tertiary/aromatic N) is 2. The first kappa shape index (κ1) is 20.8. The van der Waals surface area contributed by atoms with Crippen LogP contribution in [0.3, 0.4) is 0 Å². The first-order valence-corrected chi connectivity index (χ1v) is 9.35. The summed E-state index contributed by atoms with van der Waals surface area (Å²) >= 11 is 1.69. The Balaban J connectivity index is 0.00000243. The van der Waals surface area contributed by atoms with E-state index < -0.39 is 0 Å². The molecule has 0 saturated carbocycles. The van der Waals surface area contributed by atoms with Gasteiger partial charge in [0.1, 0.15) is 5.01 Å². The molecule has 6 nitrogen and oxygen atoms in total. The zero-order chi connectivity index (χ0) is 17.6. The van der Waals surface area contributed by atoms with Gasteiger partial charge in [-0.05, 0) is 32.9 Å². The fourth-order valence-electron chi connectivity index (χ4n) is 2.44. The fraction of sp³-hybridized carbons (Fsp3) is 0.444. The Labute approximate surface area is 175 Å². The number of aromatic nitrogens is 1. The maximum Gasteiger partial charge on any atom is 0.196 e. The highest BCUT2D eigenvalue weighted by Gasteiger charge is 2.11. The van der Waals surface area contributed by atoms with Gasteiger partial charge in [-0.15, -0.1) is 35.3 Å². The molecule has 3 rings (SSSR count). The quantitative estimate of drug-likeness (QED) is 0.385. The Kier molecular flexibility index (Phi) is 7.95. The van der Waals surface area contributed by atoms with Crippen molar-refractivity contribution in [3.8, 4) is 11.5 Å². The van der Waals surface area contributed by atoms with Crippen molar-refractivity contribution in [2.75, 3.05) is 25.1 Å². The van der Waals surface area contributed by atoms with Gasteiger partial charge in [0.25, 0.3) is 0 Å². The molecule has 1 aliphatic heterocycles. The van der Waals surface area contributed by atoms with E-state index >= 15 is 0 Å². The molecule has 0 fully saturated rings. The van der Waals surface area contributed by atoms with E-state index in [4.69, 9.17) is 9.47 Å². The van der Waals surface area contributed by atoms with Crippen molar-refractivity contribution in [1.82, 2.24) is 10.3 Å². The highest BCUT2D eigenvalue weighted by atomic mass is 127. The Morgan fingerprint density at radius 2 is 2.00 bits per heavy atom. The molecular formula is C18H25IN4O2S. The number of halogens is 1. The summed E-state index contributed by atoms with van der Waals surface area (Å²) in [6.07, 6.45) is 0.897. The van der Waals surface area contributed by atoms with E-state index in [-0.39, 0.29) is 24.0 Å². The fourth-order valence-corrected chi connectivity index (χ4v) is 3.30. The molecule has 1 aromatic carbocycles. The molecule has 0 bridgehead atoms. The van der Waals surface area contributed by atoms with Crippen molar-refractivity contribution in [3.05, 3.63) is 33.8 Å². The number of aliphatic imine (C=N–C) groups is 1. The molecule has 0 spiro atoms. The number of aryl methyl sites for hydroxylation is 2. The molecule has 0 radical (unpaired) electrons. The topological polar surface area (TPSA) is 67.8 Å². The highest BCUT2D eigenvalue weighted by Crippen LogP contribution is 2.32. The second-order valence-electron chi connectivity index (χ2n) is 5.78. The summed E-state index contributed by atoms with van der Waals surface area (Å²) in [5, 5.41) is 7.60. The minimum Gasteiger partial charge on any atom is -0.490 e. The first-order chi connectivity index (χ1) is 12.2. The predicted molar refractivity (Wildman–Crippen MR) is 117 cm³/mol. The third-order valence-electron chi connectivity index (χ3n) is 3.80. The molecule has 8 heteroatoms. The van der Waals surface area contributed by atoms with Crippen LogP contribution in [0.2, 0.25) is 0 Å². The van der Waals surface area contributed by atoms with Crippen LogP contribution in [0.4, 0.5) is 5.69 Å². The summed E-state index contributed by atoms with van der Waals surface area (Å²) < 4.78 is 11.4. The van der Waals surface area contributed by atoms with Crippen LogP contribution >= 0.6 is 35.3 Å². The largest absolute Gasteiger partial charge is 0.490 e. The normalized spacial score (nSPS) is 13.6. The summed E-state index contributed by atoms with van der Waals surface area (Å²) in [5.74, 6) is 2.28. The third kappa shape index (κ3) is 5.47. The van der Waals surface area contributed by atoms with Gasteiger partial charge in [-0.3, -0.25) is 0 Å². The molecule has 142 valence electrons. The maximum atomic E-state index is 5.74. The van der Waals surface area contributed by atoms with Gasteiger partial charge < -0.3 is 20.1 Å². The van der Waals surface area contributed by atoms with Crippen molar-refractivity contribution in [2.24, 2.45) is 4.99 Å². The second kappa shape index (κ2) is 9.96. The molecule has 1 aromatic heterocycles. The van der Waals surface area contributed by atoms with Crippen LogP contribution < -0.4 is 20.1 Å². The third-order valence-corrected chi connectivity index (χ3v) is 4.86. The van der Waals surface area contributed by atoms with Crippen LogP contribution in [-0.4, -0.2) is 30.7 Å². The number of rotatable bonds is 4. The Bertz CT molecular complexity index is 744. The van der Waals surface area contributed by atoms with Crippen molar-refractivity contribution in [1.29, 1.82) is 0 Å². The average Bonchev–Trinajstić information content (AvgIpc) is 2.79. The van der Waals surface area contributed by atoms with Crippen molar-refractivity contribution in [3.63, 3.8) is 0 Å². The zero-order valence-electron chi connectivity index (χ0n) is 15.3. The summed E-state index contributed by atoms with van der Waals surface area (Å²) in [4.78, 5) is 10.4. The van der Waals surface area contributed by atoms with Crippen LogP contribution in [0.1, 0.15) is 28.9 Å². The number of ether oxygens (including phenoxy) is 2. The highest BCUT2D eigenvalue weighted by molar-refractivity contribution is 14.0. The smallest absolute Gasteiger partial charge is 0.196 e. The van der Waals surface area contributed by atoms with Gasteiger partial charge >= 0.3 is 0 Å². The van der Waals surface area contributed by atoms with E-state index in [0.29, 0.717) is 19.8 Å². The summed E-state index contributed by atoms with van der Waals surface area (Å²) in [6.45, 7) is 8.86. The van der Waals surface area contributed by atoms with Gasteiger partial charge in [0.2, 0.25) is 0 Å². The van der Waals surface area contributed by atoms with E-state index in [9.17, 15) is 0 Å². The number of hydrogen-bond acceptors (Lipinski definition) is 5. The molecule has 2 N–H and O–H groups in total. The number of nitrogens with one attached hydrogen (secondary N) is 2. The van der Waals surface area contributed by atoms with Crippen molar-refractivity contribution >= 4 is 47.0 Å². The number of benzene rings is 1. The molecule has 0 unspecified atom stereocenters. The first-order valence-electron chi connectivity index (χ1n) is 8.53. The molecule has 2 heterocycles. The SMILES string of the molecule is CCNC(=NCc1nc(C)c(C)s1)Nc1ccc2c(c1)OCCCO2.I. The van der Waals surface area contributed by atoms with E-state index in [1.807, 2.05) is 32.0 Å². The standard InChI is InChI=1S/C18H24N4O2S.HI/c1-4-19-18(20-11-17-21-12(2)13(3)25-17)22-14-6-7-15-16(10-14)24-9-5-8-23-15;/h6-7,10H,4-5,8-9,11H2,1-3H3,(H2,19,20,22);1H. The number of guanidine groups is 1. The number of fused-ring (bicyclic) bond motifs is 1. The molecular weight excluding hydrogens is 463 g/mol. The van der Waals surface area contributed by atoms with Gasteiger partial charge in [-0.25, -0.2) is 9.98 Å². The van der Waals surface area contributed by atoms with E-state index in [1.165, 1.54) is 4.88 Å². The van der Waals surface area contributed by atoms with Crippen LogP contribution in [0.15, 0.2) is 23.2 Å². The van der Waals surface area contributed by atoms with Crippen molar-refractivity contribution < 1.29 is 9.47 Å². The second-order valence-corrected chi connectivity index (χ2v) is 7.07. The predicted octanol–water partition coefficient (Wildman–Crippen LogP) is 4.12. The van der Waals surface area contributed by atoms with Crippen LogP contribution in [0.25, 0.3) is 0 Å². The van der Waals surface area contributed by atoms with Gasteiger partial charge in [-0.2, -0.15) is 0 Å².